The van der Waals surface area contributed by atoms with Gasteiger partial charge in [-0.1, -0.05) is 123 Å². The van der Waals surface area contributed by atoms with Gasteiger partial charge >= 0.3 is 17.2 Å². The quantitative estimate of drug-likeness (QED) is 0.0624. The zero-order chi connectivity index (χ0) is 58.0. The SMILES string of the molecule is CC(C)NC(=O)c1[nH]n2c(-c3ccc(Cl)c(Cl)c3)nnc2c1Cl.COC(=O)c1[nH]n2c(-c3ccc(Cl)c(Cl)c3)nnc2c1Br.Cc1ccc(OS(=O)Nc2ccccc2NC(=O)c2[nH]n3c(-c4ccc(Cl)cc4Cl)nnc3c2Cl)cc1. The smallest absolute Gasteiger partial charge is 0.357 e. The van der Waals surface area contributed by atoms with Gasteiger partial charge in [-0.2, -0.15) is 4.21 Å². The van der Waals surface area contributed by atoms with Crippen molar-refractivity contribution in [3.05, 3.63) is 170 Å². The van der Waals surface area contributed by atoms with Crippen LogP contribution in [0.4, 0.5) is 11.4 Å². The summed E-state index contributed by atoms with van der Waals surface area (Å²) < 4.78 is 30.4. The van der Waals surface area contributed by atoms with Gasteiger partial charge in [-0.05, 0) is 116 Å². The zero-order valence-electron chi connectivity index (χ0n) is 41.7. The first kappa shape index (κ1) is 58.7. The van der Waals surface area contributed by atoms with Gasteiger partial charge in [0.25, 0.3) is 11.8 Å². The van der Waals surface area contributed by atoms with E-state index in [0.29, 0.717) is 97.2 Å². The van der Waals surface area contributed by atoms with Crippen LogP contribution in [0.1, 0.15) is 50.9 Å². The summed E-state index contributed by atoms with van der Waals surface area (Å²) in [6.07, 6.45) is 0. The molecule has 0 radical (unpaired) electrons. The molecule has 0 aliphatic carbocycles. The maximum Gasteiger partial charge on any atom is 0.357 e. The highest BCUT2D eigenvalue weighted by molar-refractivity contribution is 9.10. The number of rotatable bonds is 12. The lowest BCUT2D eigenvalue weighted by Gasteiger charge is -2.12. The van der Waals surface area contributed by atoms with E-state index >= 15 is 0 Å². The number of aryl methyl sites for hydroxylation is 1. The summed E-state index contributed by atoms with van der Waals surface area (Å²) in [5.74, 6) is 0.391. The van der Waals surface area contributed by atoms with E-state index in [1.165, 1.54) is 16.1 Å². The van der Waals surface area contributed by atoms with E-state index in [1.54, 1.807) is 95.5 Å². The number of benzene rings is 5. The third kappa shape index (κ3) is 12.8. The Hall–Kier alpha value is -6.90. The number of amides is 2. The van der Waals surface area contributed by atoms with Crippen LogP contribution in [0.3, 0.4) is 0 Å². The lowest BCUT2D eigenvalue weighted by molar-refractivity contribution is 0.0592. The Morgan fingerprint density at radius 2 is 1.11 bits per heavy atom. The van der Waals surface area contributed by atoms with Gasteiger partial charge in [0.15, 0.2) is 40.1 Å². The minimum absolute atomic E-state index is 0.0122. The second-order valence-corrected chi connectivity index (χ2v) is 22.0. The molecule has 0 saturated carbocycles. The van der Waals surface area contributed by atoms with Gasteiger partial charge in [-0.3, -0.25) is 29.6 Å². The highest BCUT2D eigenvalue weighted by Gasteiger charge is 2.26. The number of fused-ring (bicyclic) bond motifs is 3. The molecular weight excluding hydrogens is 1300 g/mol. The number of nitrogens with zero attached hydrogens (tertiary/aromatic N) is 9. The number of ether oxygens (including phenoxy) is 1. The maximum absolute atomic E-state index is 13.2. The molecule has 0 aliphatic rings. The van der Waals surface area contributed by atoms with Crippen molar-refractivity contribution in [1.29, 1.82) is 0 Å². The zero-order valence-corrected chi connectivity index (χ0v) is 50.1. The van der Waals surface area contributed by atoms with Crippen LogP contribution in [-0.4, -0.2) is 94.6 Å². The van der Waals surface area contributed by atoms with Crippen molar-refractivity contribution >= 4 is 166 Å². The number of aromatic amines is 3. The first-order chi connectivity index (χ1) is 38.7. The first-order valence-corrected chi connectivity index (χ1v) is 28.1. The molecule has 416 valence electrons. The Balaban J connectivity index is 0.000000155. The van der Waals surface area contributed by atoms with Crippen LogP contribution in [0.5, 0.6) is 5.75 Å². The topological polar surface area (TPSA) is 261 Å². The molecule has 0 aliphatic heterocycles. The number of esters is 1. The predicted octanol–water partition coefficient (Wildman–Crippen LogP) is 13.7. The summed E-state index contributed by atoms with van der Waals surface area (Å²) in [6, 6.07) is 29.0. The molecule has 6 heterocycles. The van der Waals surface area contributed by atoms with Gasteiger partial charge in [0.05, 0.1) is 48.1 Å². The van der Waals surface area contributed by atoms with Crippen LogP contribution in [-0.2, 0) is 16.0 Å². The number of anilines is 2. The highest BCUT2D eigenvalue weighted by Crippen LogP contribution is 2.35. The van der Waals surface area contributed by atoms with Crippen molar-refractivity contribution in [2.24, 2.45) is 0 Å². The molecule has 81 heavy (non-hydrogen) atoms. The molecule has 6 N–H and O–H groups in total. The number of carbonyl (C=O) groups excluding carboxylic acids is 3. The van der Waals surface area contributed by atoms with E-state index < -0.39 is 23.1 Å². The molecule has 11 aromatic rings. The largest absolute Gasteiger partial charge is 0.464 e. The fourth-order valence-corrected chi connectivity index (χ4v) is 10.2. The fraction of sp³-hybridized carbons (Fsp3) is 0.100. The molecule has 21 nitrogen and oxygen atoms in total. The number of H-pyrrole nitrogens is 3. The minimum Gasteiger partial charge on any atom is -0.464 e. The number of hydrogen-bond donors (Lipinski definition) is 6. The van der Waals surface area contributed by atoms with Crippen molar-refractivity contribution in [3.63, 3.8) is 0 Å². The molecule has 5 aromatic carbocycles. The lowest BCUT2D eigenvalue weighted by Crippen LogP contribution is -2.30. The van der Waals surface area contributed by atoms with Crippen LogP contribution in [0.2, 0.25) is 40.2 Å². The van der Waals surface area contributed by atoms with E-state index in [1.807, 2.05) is 32.9 Å². The molecule has 0 fully saturated rings. The second-order valence-electron chi connectivity index (χ2n) is 17.2. The molecule has 6 aromatic heterocycles. The van der Waals surface area contributed by atoms with Crippen molar-refractivity contribution in [3.8, 4) is 39.9 Å². The fourth-order valence-electron chi connectivity index (χ4n) is 7.43. The Morgan fingerprint density at radius 1 is 0.593 bits per heavy atom. The standard InChI is InChI=1S/C24H17Cl3N6O3S.C14H12Cl3N5O.C12H7BrCl2N4O2/c1-13-6-9-15(10-7-13)36-37(35)32-19-5-3-2-4-18(19)28-24(34)21-20(27)23-30-29-22(33(23)31-21)16-11-8-14(25)12-17(16)26;1-6(2)18-14(23)11-10(17)13-20-19-12(22(13)21-11)7-3-4-8(15)9(16)5-7;1-21-12(20)9-8(13)11-17-16-10(19(11)18-9)5-2-3-6(14)7(15)4-5/h2-12,31-32H,1H3,(H,28,34);3-6,21H,1-2H3,(H,18,23);2-4,18H,1H3. The molecule has 2 amide bonds. The van der Waals surface area contributed by atoms with Crippen LogP contribution >= 0.6 is 109 Å². The monoisotopic (exact) mass is 1330 g/mol. The summed E-state index contributed by atoms with van der Waals surface area (Å²) in [6.45, 7) is 5.67. The summed E-state index contributed by atoms with van der Waals surface area (Å²) >= 11 is 50.3. The number of methoxy groups -OCH3 is 1. The Morgan fingerprint density at radius 3 is 1.67 bits per heavy atom. The number of nitrogens with one attached hydrogen (secondary N) is 6. The summed E-state index contributed by atoms with van der Waals surface area (Å²) in [7, 11) is 1.30. The number of para-hydroxylation sites is 2. The van der Waals surface area contributed by atoms with Gasteiger partial charge in [-0.25, -0.2) is 18.3 Å². The molecule has 0 spiro atoms. The Bertz CT molecular complexity index is 4240. The summed E-state index contributed by atoms with van der Waals surface area (Å²) in [5.41, 5.74) is 5.34. The molecular formula is C50H36BrCl8N15O6S. The lowest BCUT2D eigenvalue weighted by atomic mass is 10.2. The van der Waals surface area contributed by atoms with Gasteiger partial charge < -0.3 is 19.6 Å². The van der Waals surface area contributed by atoms with Gasteiger partial charge in [0.2, 0.25) is 0 Å². The van der Waals surface area contributed by atoms with Crippen molar-refractivity contribution < 1.29 is 27.5 Å². The van der Waals surface area contributed by atoms with Crippen molar-refractivity contribution in [2.45, 2.75) is 26.8 Å². The maximum atomic E-state index is 13.2. The second kappa shape index (κ2) is 25.1. The summed E-state index contributed by atoms with van der Waals surface area (Å²) in [5, 5.41) is 41.5. The van der Waals surface area contributed by atoms with Crippen LogP contribution in [0.25, 0.3) is 51.1 Å². The number of halogens is 9. The molecule has 1 unspecified atom stereocenters. The van der Waals surface area contributed by atoms with E-state index in [0.717, 1.165) is 5.56 Å². The predicted molar refractivity (Wildman–Crippen MR) is 318 cm³/mol. The highest BCUT2D eigenvalue weighted by atomic mass is 79.9. The Kier molecular flexibility index (Phi) is 18.2. The van der Waals surface area contributed by atoms with E-state index in [9.17, 15) is 18.6 Å². The molecule has 31 heteroatoms. The third-order valence-electron chi connectivity index (χ3n) is 11.3. The normalized spacial score (nSPS) is 11.5. The number of hydrogen-bond acceptors (Lipinski definition) is 12. The average molecular weight is 1340 g/mol. The van der Waals surface area contributed by atoms with Gasteiger partial charge in [-0.15, -0.1) is 30.6 Å². The summed E-state index contributed by atoms with van der Waals surface area (Å²) in [4.78, 5) is 37.0. The van der Waals surface area contributed by atoms with E-state index in [-0.39, 0.29) is 44.7 Å². The Labute approximate surface area is 508 Å². The minimum atomic E-state index is -1.92. The molecule has 0 bridgehead atoms. The van der Waals surface area contributed by atoms with E-state index in [2.05, 4.69) is 77.2 Å². The molecule has 11 rings (SSSR count). The third-order valence-corrected chi connectivity index (χ3v) is 15.5. The molecule has 1 atom stereocenters. The van der Waals surface area contributed by atoms with Crippen LogP contribution in [0.15, 0.2) is 108 Å². The number of aromatic nitrogens is 12. The van der Waals surface area contributed by atoms with Crippen molar-refractivity contribution in [1.82, 2.24) is 64.8 Å². The van der Waals surface area contributed by atoms with Gasteiger partial charge in [0.1, 0.15) is 27.2 Å². The van der Waals surface area contributed by atoms with Crippen molar-refractivity contribution in [2.75, 3.05) is 17.1 Å². The van der Waals surface area contributed by atoms with Crippen LogP contribution < -0.4 is 19.5 Å². The molecule has 0 saturated heterocycles. The van der Waals surface area contributed by atoms with Crippen LogP contribution in [0, 0.1) is 6.92 Å². The van der Waals surface area contributed by atoms with E-state index in [4.69, 9.17) is 102 Å². The average Bonchev–Trinajstić information content (AvgIpc) is 4.51. The van der Waals surface area contributed by atoms with Gasteiger partial charge in [0, 0.05) is 27.8 Å². The first-order valence-electron chi connectivity index (χ1n) is 23.2. The number of carbonyl (C=O) groups is 3.